The number of benzene rings is 1. The molecular weight excluding hydrogens is 201 g/mol. The molecule has 1 aromatic carbocycles. The van der Waals surface area contributed by atoms with E-state index in [0.29, 0.717) is 0 Å². The second-order valence-corrected chi connectivity index (χ2v) is 4.65. The van der Waals surface area contributed by atoms with E-state index in [2.05, 4.69) is 4.52 Å². The zero-order valence-electron chi connectivity index (χ0n) is 8.23. The molecule has 0 aromatic heterocycles. The van der Waals surface area contributed by atoms with E-state index in [0.717, 1.165) is 16.7 Å². The molecule has 1 atom stereocenters. The molecule has 0 amide bonds. The van der Waals surface area contributed by atoms with Crippen LogP contribution in [-0.2, 0) is 15.7 Å². The van der Waals surface area contributed by atoms with Crippen molar-refractivity contribution in [3.63, 3.8) is 0 Å². The second-order valence-electron chi connectivity index (χ2n) is 3.27. The fourth-order valence-corrected chi connectivity index (χ4v) is 1.49. The first-order chi connectivity index (χ1) is 6.38. The van der Waals surface area contributed by atoms with Crippen LogP contribution < -0.4 is 5.50 Å². The van der Waals surface area contributed by atoms with E-state index in [1.807, 2.05) is 32.0 Å². The highest BCUT2D eigenvalue weighted by molar-refractivity contribution is 7.50. The van der Waals surface area contributed by atoms with Crippen LogP contribution in [0.3, 0.4) is 0 Å². The smallest absolute Gasteiger partial charge is 0.313 e. The number of nitrogens with two attached hydrogens (primary N) is 1. The highest BCUT2D eigenvalue weighted by atomic mass is 31.2. The normalized spacial score (nSPS) is 15.1. The Balaban J connectivity index is 2.73. The van der Waals surface area contributed by atoms with Gasteiger partial charge in [0.05, 0.1) is 6.61 Å². The zero-order valence-corrected chi connectivity index (χ0v) is 9.12. The molecule has 0 aliphatic rings. The number of rotatable bonds is 3. The van der Waals surface area contributed by atoms with Crippen molar-refractivity contribution < 1.29 is 14.0 Å². The molecule has 0 radical (unpaired) electrons. The van der Waals surface area contributed by atoms with Crippen LogP contribution in [0.5, 0.6) is 0 Å². The summed E-state index contributed by atoms with van der Waals surface area (Å²) in [5.41, 5.74) is 7.89. The average Bonchev–Trinajstić information content (AvgIpc) is 2.00. The van der Waals surface area contributed by atoms with Crippen molar-refractivity contribution in [2.45, 2.75) is 20.5 Å². The zero-order chi connectivity index (χ0) is 10.8. The maximum absolute atomic E-state index is 10.7. The van der Waals surface area contributed by atoms with Crippen molar-refractivity contribution in [2.24, 2.45) is 5.50 Å². The Morgan fingerprint density at radius 1 is 1.50 bits per heavy atom. The SMILES string of the molecule is Cc1ccc(COP(N)(=O)O)c(C)c1. The number of hydrogen-bond acceptors (Lipinski definition) is 2. The molecule has 0 heterocycles. The van der Waals surface area contributed by atoms with Gasteiger partial charge in [-0.2, -0.15) is 0 Å². The lowest BCUT2D eigenvalue weighted by molar-refractivity contribution is 0.250. The third kappa shape index (κ3) is 3.60. The Hall–Kier alpha value is -0.670. The summed E-state index contributed by atoms with van der Waals surface area (Å²) in [5, 5.41) is 0. The second kappa shape index (κ2) is 4.24. The summed E-state index contributed by atoms with van der Waals surface area (Å²) in [7, 11) is -3.86. The first-order valence-corrected chi connectivity index (χ1v) is 5.85. The minimum atomic E-state index is -3.86. The Labute approximate surface area is 83.3 Å². The Bertz CT molecular complexity index is 372. The van der Waals surface area contributed by atoms with Gasteiger partial charge in [-0.05, 0) is 25.0 Å². The van der Waals surface area contributed by atoms with Crippen LogP contribution in [0.2, 0.25) is 0 Å². The van der Waals surface area contributed by atoms with Crippen LogP contribution >= 0.6 is 7.75 Å². The lowest BCUT2D eigenvalue weighted by atomic mass is 10.1. The van der Waals surface area contributed by atoms with E-state index < -0.39 is 7.75 Å². The lowest BCUT2D eigenvalue weighted by Gasteiger charge is -2.09. The largest absolute Gasteiger partial charge is 0.400 e. The predicted molar refractivity (Wildman–Crippen MR) is 54.7 cm³/mol. The topological polar surface area (TPSA) is 72.5 Å². The van der Waals surface area contributed by atoms with Crippen LogP contribution in [-0.4, -0.2) is 4.89 Å². The third-order valence-corrected chi connectivity index (χ3v) is 2.40. The van der Waals surface area contributed by atoms with Gasteiger partial charge in [0, 0.05) is 0 Å². The van der Waals surface area contributed by atoms with Crippen molar-refractivity contribution in [1.82, 2.24) is 0 Å². The van der Waals surface area contributed by atoms with Gasteiger partial charge >= 0.3 is 7.75 Å². The van der Waals surface area contributed by atoms with Crippen LogP contribution in [0.1, 0.15) is 16.7 Å². The summed E-state index contributed by atoms with van der Waals surface area (Å²) >= 11 is 0. The van der Waals surface area contributed by atoms with Crippen LogP contribution in [0.25, 0.3) is 0 Å². The van der Waals surface area contributed by atoms with E-state index >= 15 is 0 Å². The van der Waals surface area contributed by atoms with Crippen LogP contribution in [0, 0.1) is 13.8 Å². The standard InChI is InChI=1S/C9H14NO3P/c1-7-3-4-9(8(2)5-7)6-13-14(10,11)12/h3-5H,6H2,1-2H3,(H3,10,11,12). The van der Waals surface area contributed by atoms with E-state index in [-0.39, 0.29) is 6.61 Å². The summed E-state index contributed by atoms with van der Waals surface area (Å²) in [6.07, 6.45) is 0. The number of hydrogen-bond donors (Lipinski definition) is 2. The maximum atomic E-state index is 10.7. The molecule has 0 fully saturated rings. The van der Waals surface area contributed by atoms with E-state index in [4.69, 9.17) is 10.4 Å². The van der Waals surface area contributed by atoms with Crippen molar-refractivity contribution in [2.75, 3.05) is 0 Å². The molecule has 0 saturated heterocycles. The molecule has 3 N–H and O–H groups in total. The van der Waals surface area contributed by atoms with Gasteiger partial charge < -0.3 is 4.89 Å². The Morgan fingerprint density at radius 3 is 2.64 bits per heavy atom. The van der Waals surface area contributed by atoms with Crippen LogP contribution in [0.4, 0.5) is 0 Å². The molecule has 5 heteroatoms. The Kier molecular flexibility index (Phi) is 3.45. The van der Waals surface area contributed by atoms with Gasteiger partial charge in [-0.3, -0.25) is 4.52 Å². The van der Waals surface area contributed by atoms with Gasteiger partial charge in [0.2, 0.25) is 0 Å². The summed E-state index contributed by atoms with van der Waals surface area (Å²) in [6.45, 7) is 3.97. The monoisotopic (exact) mass is 215 g/mol. The third-order valence-electron chi connectivity index (χ3n) is 1.90. The molecule has 4 nitrogen and oxygen atoms in total. The fraction of sp³-hybridized carbons (Fsp3) is 0.333. The van der Waals surface area contributed by atoms with Gasteiger partial charge in [-0.15, -0.1) is 0 Å². The van der Waals surface area contributed by atoms with Gasteiger partial charge in [-0.25, -0.2) is 10.1 Å². The van der Waals surface area contributed by atoms with Gasteiger partial charge in [0.25, 0.3) is 0 Å². The first kappa shape index (κ1) is 11.4. The maximum Gasteiger partial charge on any atom is 0.400 e. The van der Waals surface area contributed by atoms with Crippen molar-refractivity contribution in [3.8, 4) is 0 Å². The van der Waals surface area contributed by atoms with Crippen molar-refractivity contribution in [1.29, 1.82) is 0 Å². The molecule has 0 aliphatic carbocycles. The molecule has 0 aliphatic heterocycles. The Morgan fingerprint density at radius 2 is 2.14 bits per heavy atom. The lowest BCUT2D eigenvalue weighted by Crippen LogP contribution is -2.00. The van der Waals surface area contributed by atoms with Crippen molar-refractivity contribution >= 4 is 7.75 Å². The van der Waals surface area contributed by atoms with Gasteiger partial charge in [-0.1, -0.05) is 23.8 Å². The molecule has 78 valence electrons. The van der Waals surface area contributed by atoms with E-state index in [1.165, 1.54) is 0 Å². The minimum absolute atomic E-state index is 0.0659. The van der Waals surface area contributed by atoms with Crippen LogP contribution in [0.15, 0.2) is 18.2 Å². The quantitative estimate of drug-likeness (QED) is 0.755. The molecule has 1 aromatic rings. The highest BCUT2D eigenvalue weighted by Gasteiger charge is 2.11. The molecule has 1 unspecified atom stereocenters. The average molecular weight is 215 g/mol. The van der Waals surface area contributed by atoms with E-state index in [9.17, 15) is 4.57 Å². The molecule has 0 saturated carbocycles. The number of aryl methyl sites for hydroxylation is 2. The fourth-order valence-electron chi connectivity index (χ4n) is 1.17. The van der Waals surface area contributed by atoms with Gasteiger partial charge in [0.1, 0.15) is 0 Å². The molecular formula is C9H14NO3P. The molecule has 14 heavy (non-hydrogen) atoms. The summed E-state index contributed by atoms with van der Waals surface area (Å²) in [4.78, 5) is 8.74. The van der Waals surface area contributed by atoms with Gasteiger partial charge in [0.15, 0.2) is 0 Å². The van der Waals surface area contributed by atoms with Crippen molar-refractivity contribution in [3.05, 3.63) is 34.9 Å². The molecule has 0 bridgehead atoms. The van der Waals surface area contributed by atoms with E-state index in [1.54, 1.807) is 0 Å². The highest BCUT2D eigenvalue weighted by Crippen LogP contribution is 2.32. The minimum Gasteiger partial charge on any atom is -0.313 e. The first-order valence-electron chi connectivity index (χ1n) is 4.20. The summed E-state index contributed by atoms with van der Waals surface area (Å²) in [5.74, 6) is 0. The molecule has 1 rings (SSSR count). The predicted octanol–water partition coefficient (Wildman–Crippen LogP) is 1.88. The molecule has 0 spiro atoms. The summed E-state index contributed by atoms with van der Waals surface area (Å²) < 4.78 is 15.3. The summed E-state index contributed by atoms with van der Waals surface area (Å²) in [6, 6.07) is 5.77.